The average Bonchev–Trinajstić information content (AvgIpc) is 3.23. The molecular formula is C48H30N4. The van der Waals surface area contributed by atoms with Gasteiger partial charge in [0.15, 0.2) is 17.5 Å². The van der Waals surface area contributed by atoms with Gasteiger partial charge in [0, 0.05) is 38.4 Å². The van der Waals surface area contributed by atoms with Gasteiger partial charge >= 0.3 is 0 Å². The summed E-state index contributed by atoms with van der Waals surface area (Å²) < 4.78 is 0. The van der Waals surface area contributed by atoms with Gasteiger partial charge < -0.3 is 0 Å². The number of aromatic nitrogens is 4. The largest absolute Gasteiger partial charge is 0.247 e. The lowest BCUT2D eigenvalue weighted by Crippen LogP contribution is -2.00. The SMILES string of the molecule is c1ccc(-c2nc(-c3ccccc3)nc(-c3cccc(-c4nc5cc(-c6cccc7ccccc67)ccc5c5c4ccc4ccccc45)c3)n2)cc1. The fourth-order valence-electron chi connectivity index (χ4n) is 7.38. The zero-order valence-corrected chi connectivity index (χ0v) is 28.1. The Kier molecular flexibility index (Phi) is 7.10. The first-order valence-electron chi connectivity index (χ1n) is 17.5. The number of pyridine rings is 1. The normalized spacial score (nSPS) is 11.5. The summed E-state index contributed by atoms with van der Waals surface area (Å²) in [5.41, 5.74) is 7.99. The third kappa shape index (κ3) is 5.17. The molecule has 10 rings (SSSR count). The first kappa shape index (κ1) is 29.8. The molecule has 4 heteroatoms. The Morgan fingerprint density at radius 2 is 0.827 bits per heavy atom. The van der Waals surface area contributed by atoms with E-state index in [1.807, 2.05) is 60.7 Å². The van der Waals surface area contributed by atoms with Gasteiger partial charge in [0.2, 0.25) is 0 Å². The van der Waals surface area contributed by atoms with Crippen LogP contribution in [0.2, 0.25) is 0 Å². The van der Waals surface area contributed by atoms with Gasteiger partial charge in [0.25, 0.3) is 0 Å². The van der Waals surface area contributed by atoms with E-state index in [0.29, 0.717) is 17.5 Å². The van der Waals surface area contributed by atoms with Gasteiger partial charge in [-0.25, -0.2) is 19.9 Å². The highest BCUT2D eigenvalue weighted by Crippen LogP contribution is 2.40. The second kappa shape index (κ2) is 12.4. The fourth-order valence-corrected chi connectivity index (χ4v) is 7.38. The molecule has 0 aliphatic heterocycles. The molecule has 0 saturated heterocycles. The van der Waals surface area contributed by atoms with Crippen LogP contribution in [0.4, 0.5) is 0 Å². The summed E-state index contributed by atoms with van der Waals surface area (Å²) in [5, 5.41) is 8.29. The van der Waals surface area contributed by atoms with Crippen molar-refractivity contribution in [2.24, 2.45) is 0 Å². The summed E-state index contributed by atoms with van der Waals surface area (Å²) in [5.74, 6) is 1.89. The third-order valence-electron chi connectivity index (χ3n) is 9.88. The zero-order chi connectivity index (χ0) is 34.4. The fraction of sp³-hybridized carbons (Fsp3) is 0. The predicted octanol–water partition coefficient (Wildman–Crippen LogP) is 12.2. The van der Waals surface area contributed by atoms with E-state index in [1.165, 1.54) is 32.5 Å². The molecule has 0 saturated carbocycles. The van der Waals surface area contributed by atoms with E-state index in [2.05, 4.69) is 121 Å². The van der Waals surface area contributed by atoms with Crippen LogP contribution < -0.4 is 0 Å². The van der Waals surface area contributed by atoms with Crippen molar-refractivity contribution in [2.45, 2.75) is 0 Å². The van der Waals surface area contributed by atoms with Crippen molar-refractivity contribution in [2.75, 3.05) is 0 Å². The van der Waals surface area contributed by atoms with Crippen LogP contribution in [0, 0.1) is 0 Å². The highest BCUT2D eigenvalue weighted by atomic mass is 15.0. The van der Waals surface area contributed by atoms with Gasteiger partial charge in [0.05, 0.1) is 11.2 Å². The quantitative estimate of drug-likeness (QED) is 0.172. The average molecular weight is 663 g/mol. The molecular weight excluding hydrogens is 633 g/mol. The first-order valence-corrected chi connectivity index (χ1v) is 17.5. The van der Waals surface area contributed by atoms with Crippen LogP contribution in [-0.2, 0) is 0 Å². The van der Waals surface area contributed by atoms with Crippen LogP contribution in [-0.4, -0.2) is 19.9 Å². The maximum atomic E-state index is 5.46. The Morgan fingerprint density at radius 3 is 1.56 bits per heavy atom. The van der Waals surface area contributed by atoms with E-state index >= 15 is 0 Å². The van der Waals surface area contributed by atoms with Gasteiger partial charge in [-0.1, -0.05) is 170 Å². The highest BCUT2D eigenvalue weighted by molar-refractivity contribution is 6.22. The monoisotopic (exact) mass is 662 g/mol. The van der Waals surface area contributed by atoms with Gasteiger partial charge in [-0.3, -0.25) is 0 Å². The van der Waals surface area contributed by atoms with Crippen LogP contribution in [0.3, 0.4) is 0 Å². The Hall–Kier alpha value is -7.04. The molecule has 0 spiro atoms. The van der Waals surface area contributed by atoms with Crippen molar-refractivity contribution in [3.8, 4) is 56.5 Å². The molecule has 2 aromatic heterocycles. The molecule has 242 valence electrons. The lowest BCUT2D eigenvalue weighted by atomic mass is 9.92. The molecule has 0 bridgehead atoms. The minimum Gasteiger partial charge on any atom is -0.247 e. The number of rotatable bonds is 5. The number of hydrogen-bond donors (Lipinski definition) is 0. The molecule has 0 aliphatic carbocycles. The standard InChI is InChI=1S/C48H30N4/c1-3-15-33(16-4-1)46-50-47(34-17-5-2-6-18-34)52-48(51-46)37-21-11-20-36(29-37)45-42-28-25-32-14-8-10-23-40(32)44(42)41-27-26-35(30-43(41)49-45)39-24-12-19-31-13-7-9-22-38(31)39/h1-30H. The van der Waals surface area contributed by atoms with E-state index in [-0.39, 0.29) is 0 Å². The minimum absolute atomic E-state index is 0.614. The lowest BCUT2D eigenvalue weighted by molar-refractivity contribution is 1.07. The summed E-state index contributed by atoms with van der Waals surface area (Å²) in [7, 11) is 0. The lowest BCUT2D eigenvalue weighted by Gasteiger charge is -2.15. The van der Waals surface area contributed by atoms with Crippen molar-refractivity contribution in [1.82, 2.24) is 19.9 Å². The Morgan fingerprint density at radius 1 is 0.288 bits per heavy atom. The molecule has 52 heavy (non-hydrogen) atoms. The molecule has 4 nitrogen and oxygen atoms in total. The van der Waals surface area contributed by atoms with Crippen LogP contribution in [0.5, 0.6) is 0 Å². The van der Waals surface area contributed by atoms with Gasteiger partial charge in [-0.05, 0) is 44.8 Å². The van der Waals surface area contributed by atoms with E-state index in [0.717, 1.165) is 49.8 Å². The number of benzene rings is 8. The van der Waals surface area contributed by atoms with Crippen LogP contribution >= 0.6 is 0 Å². The molecule has 0 radical (unpaired) electrons. The van der Waals surface area contributed by atoms with E-state index < -0.39 is 0 Å². The van der Waals surface area contributed by atoms with E-state index in [1.54, 1.807) is 0 Å². The van der Waals surface area contributed by atoms with Gasteiger partial charge in [0.1, 0.15) is 0 Å². The summed E-state index contributed by atoms with van der Waals surface area (Å²) in [4.78, 5) is 20.4. The highest BCUT2D eigenvalue weighted by Gasteiger charge is 2.17. The van der Waals surface area contributed by atoms with Crippen molar-refractivity contribution in [1.29, 1.82) is 0 Å². The summed E-state index contributed by atoms with van der Waals surface area (Å²) in [6.45, 7) is 0. The molecule has 10 aromatic rings. The molecule has 0 aliphatic rings. The second-order valence-electron chi connectivity index (χ2n) is 13.0. The second-order valence-corrected chi connectivity index (χ2v) is 13.0. The predicted molar refractivity (Wildman–Crippen MR) is 215 cm³/mol. The Bertz CT molecular complexity index is 2890. The van der Waals surface area contributed by atoms with Crippen molar-refractivity contribution >= 4 is 43.2 Å². The van der Waals surface area contributed by atoms with Crippen LogP contribution in [0.25, 0.3) is 99.8 Å². The van der Waals surface area contributed by atoms with Gasteiger partial charge in [-0.15, -0.1) is 0 Å². The molecule has 0 unspecified atom stereocenters. The van der Waals surface area contributed by atoms with Crippen molar-refractivity contribution in [3.63, 3.8) is 0 Å². The summed E-state index contributed by atoms with van der Waals surface area (Å²) in [6.07, 6.45) is 0. The maximum Gasteiger partial charge on any atom is 0.164 e. The van der Waals surface area contributed by atoms with E-state index in [9.17, 15) is 0 Å². The van der Waals surface area contributed by atoms with Gasteiger partial charge in [-0.2, -0.15) is 0 Å². The molecule has 0 fully saturated rings. The van der Waals surface area contributed by atoms with Crippen LogP contribution in [0.15, 0.2) is 182 Å². The smallest absolute Gasteiger partial charge is 0.164 e. The topological polar surface area (TPSA) is 51.6 Å². The molecule has 0 amide bonds. The zero-order valence-electron chi connectivity index (χ0n) is 28.1. The molecule has 2 heterocycles. The first-order chi connectivity index (χ1) is 25.8. The summed E-state index contributed by atoms with van der Waals surface area (Å²) in [6, 6.07) is 63.4. The Balaban J connectivity index is 1.20. The van der Waals surface area contributed by atoms with Crippen molar-refractivity contribution < 1.29 is 0 Å². The molecule has 0 atom stereocenters. The number of fused-ring (bicyclic) bond motifs is 6. The Labute approximate surface area is 300 Å². The van der Waals surface area contributed by atoms with E-state index in [4.69, 9.17) is 19.9 Å². The minimum atomic E-state index is 0.614. The van der Waals surface area contributed by atoms with Crippen LogP contribution in [0.1, 0.15) is 0 Å². The molecule has 0 N–H and O–H groups in total. The maximum absolute atomic E-state index is 5.46. The summed E-state index contributed by atoms with van der Waals surface area (Å²) >= 11 is 0. The third-order valence-corrected chi connectivity index (χ3v) is 9.88. The van der Waals surface area contributed by atoms with Crippen molar-refractivity contribution in [3.05, 3.63) is 182 Å². The molecule has 8 aromatic carbocycles. The number of hydrogen-bond acceptors (Lipinski definition) is 4. The number of nitrogens with zero attached hydrogens (tertiary/aromatic N) is 4.